The van der Waals surface area contributed by atoms with Crippen molar-refractivity contribution in [1.29, 1.82) is 0 Å². The molecular formula is C24H37N5O4S2. The molecule has 1 aromatic rings. The number of thioether (sulfide) groups is 1. The van der Waals surface area contributed by atoms with Gasteiger partial charge < -0.3 is 10.2 Å². The highest BCUT2D eigenvalue weighted by atomic mass is 32.2. The van der Waals surface area contributed by atoms with Crippen molar-refractivity contribution in [3.8, 4) is 0 Å². The van der Waals surface area contributed by atoms with Crippen molar-refractivity contribution in [3.63, 3.8) is 0 Å². The number of carbonyl (C=O) groups excluding carboxylic acids is 2. The van der Waals surface area contributed by atoms with Gasteiger partial charge in [0, 0.05) is 16.4 Å². The number of amides is 2. The van der Waals surface area contributed by atoms with Gasteiger partial charge in [0.1, 0.15) is 0 Å². The van der Waals surface area contributed by atoms with E-state index in [1.54, 1.807) is 53.7 Å². The summed E-state index contributed by atoms with van der Waals surface area (Å²) in [5, 5.41) is 9.05. The molecule has 0 radical (unpaired) electrons. The summed E-state index contributed by atoms with van der Waals surface area (Å²) >= 11 is 1.22. The lowest BCUT2D eigenvalue weighted by molar-refractivity contribution is -0.142. The number of para-hydroxylation sites is 1. The molecule has 9 nitrogen and oxygen atoms in total. The van der Waals surface area contributed by atoms with Crippen molar-refractivity contribution in [1.82, 2.24) is 15.2 Å². The van der Waals surface area contributed by atoms with E-state index in [4.69, 9.17) is 0 Å². The maximum atomic E-state index is 13.6. The van der Waals surface area contributed by atoms with Crippen LogP contribution in [0.2, 0.25) is 0 Å². The summed E-state index contributed by atoms with van der Waals surface area (Å²) < 4.78 is 28.3. The SMILES string of the molecule is CN(C)CCCS(=O)(=O)N1CC2(SC(NC(=O)C(C)(C)C)=NN2C(=O)C(C)(C)C)c2ccccc21. The van der Waals surface area contributed by atoms with Crippen LogP contribution >= 0.6 is 11.8 Å². The molecule has 0 fully saturated rings. The molecule has 35 heavy (non-hydrogen) atoms. The van der Waals surface area contributed by atoms with E-state index in [0.717, 1.165) is 0 Å². The van der Waals surface area contributed by atoms with Gasteiger partial charge >= 0.3 is 0 Å². The molecule has 2 aliphatic heterocycles. The second kappa shape index (κ2) is 9.40. The Hall–Kier alpha value is -2.11. The molecule has 1 unspecified atom stereocenters. The molecule has 1 atom stereocenters. The third-order valence-electron chi connectivity index (χ3n) is 5.83. The second-order valence-electron chi connectivity index (χ2n) is 11.4. The summed E-state index contributed by atoms with van der Waals surface area (Å²) in [7, 11) is 0.147. The first kappa shape index (κ1) is 27.5. The van der Waals surface area contributed by atoms with Gasteiger partial charge in [0.05, 0.1) is 18.0 Å². The number of hydrogen-bond donors (Lipinski definition) is 1. The van der Waals surface area contributed by atoms with E-state index in [2.05, 4.69) is 10.4 Å². The molecule has 0 bridgehead atoms. The van der Waals surface area contributed by atoms with Crippen molar-refractivity contribution < 1.29 is 18.0 Å². The number of benzene rings is 1. The van der Waals surface area contributed by atoms with E-state index in [1.165, 1.54) is 21.1 Å². The maximum absolute atomic E-state index is 13.6. The van der Waals surface area contributed by atoms with Crippen LogP contribution in [0.1, 0.15) is 53.5 Å². The summed E-state index contributed by atoms with van der Waals surface area (Å²) in [4.78, 5) is 27.1. The minimum atomic E-state index is -3.66. The lowest BCUT2D eigenvalue weighted by atomic mass is 9.94. The highest BCUT2D eigenvalue weighted by Gasteiger charge is 2.58. The Labute approximate surface area is 213 Å². The molecule has 2 aliphatic rings. The lowest BCUT2D eigenvalue weighted by Gasteiger charge is -2.35. The van der Waals surface area contributed by atoms with Crippen LogP contribution in [0.25, 0.3) is 0 Å². The highest BCUT2D eigenvalue weighted by Crippen LogP contribution is 2.55. The van der Waals surface area contributed by atoms with E-state index in [9.17, 15) is 18.0 Å². The fourth-order valence-electron chi connectivity index (χ4n) is 3.83. The van der Waals surface area contributed by atoms with Gasteiger partial charge in [-0.05, 0) is 44.9 Å². The first-order valence-corrected chi connectivity index (χ1v) is 14.1. The van der Waals surface area contributed by atoms with Crippen molar-refractivity contribution in [2.24, 2.45) is 15.9 Å². The Morgan fingerprint density at radius 3 is 2.31 bits per heavy atom. The zero-order chi connectivity index (χ0) is 26.4. The van der Waals surface area contributed by atoms with Gasteiger partial charge in [-0.25, -0.2) is 13.4 Å². The van der Waals surface area contributed by atoms with Gasteiger partial charge in [-0.1, -0.05) is 59.7 Å². The van der Waals surface area contributed by atoms with E-state index in [-0.39, 0.29) is 29.3 Å². The second-order valence-corrected chi connectivity index (χ2v) is 14.6. The number of anilines is 1. The molecule has 11 heteroatoms. The predicted molar refractivity (Wildman–Crippen MR) is 141 cm³/mol. The van der Waals surface area contributed by atoms with Crippen LogP contribution in [-0.4, -0.2) is 68.2 Å². The zero-order valence-electron chi connectivity index (χ0n) is 21.9. The van der Waals surface area contributed by atoms with Gasteiger partial charge in [-0.3, -0.25) is 13.9 Å². The summed E-state index contributed by atoms with van der Waals surface area (Å²) in [6, 6.07) is 7.22. The molecule has 0 saturated carbocycles. The van der Waals surface area contributed by atoms with Crippen LogP contribution in [-0.2, 0) is 24.5 Å². The molecule has 2 amide bonds. The smallest absolute Gasteiger partial charge is 0.249 e. The van der Waals surface area contributed by atoms with Crippen molar-refractivity contribution >= 4 is 44.5 Å². The van der Waals surface area contributed by atoms with Gasteiger partial charge in [0.15, 0.2) is 10.0 Å². The van der Waals surface area contributed by atoms with Gasteiger partial charge in [0.25, 0.3) is 0 Å². The Morgan fingerprint density at radius 2 is 1.74 bits per heavy atom. The largest absolute Gasteiger partial charge is 0.309 e. The minimum Gasteiger partial charge on any atom is -0.309 e. The van der Waals surface area contributed by atoms with E-state index in [0.29, 0.717) is 24.2 Å². The van der Waals surface area contributed by atoms with Crippen molar-refractivity contribution in [2.45, 2.75) is 52.8 Å². The van der Waals surface area contributed by atoms with Crippen LogP contribution in [0, 0.1) is 10.8 Å². The Morgan fingerprint density at radius 1 is 1.11 bits per heavy atom. The average molecular weight is 524 g/mol. The van der Waals surface area contributed by atoms with E-state index >= 15 is 0 Å². The van der Waals surface area contributed by atoms with Crippen LogP contribution in [0.3, 0.4) is 0 Å². The van der Waals surface area contributed by atoms with Crippen LogP contribution < -0.4 is 9.62 Å². The van der Waals surface area contributed by atoms with Gasteiger partial charge in [-0.15, -0.1) is 5.10 Å². The third kappa shape index (κ3) is 5.51. The number of amidine groups is 1. The maximum Gasteiger partial charge on any atom is 0.249 e. The summed E-state index contributed by atoms with van der Waals surface area (Å²) in [6.45, 7) is 11.4. The van der Waals surface area contributed by atoms with Crippen molar-refractivity contribution in [2.75, 3.05) is 37.2 Å². The highest BCUT2D eigenvalue weighted by molar-refractivity contribution is 8.15. The normalized spacial score (nSPS) is 20.4. The van der Waals surface area contributed by atoms with Crippen LogP contribution in [0.15, 0.2) is 29.4 Å². The van der Waals surface area contributed by atoms with Gasteiger partial charge in [0.2, 0.25) is 21.8 Å². The number of nitrogens with zero attached hydrogens (tertiary/aromatic N) is 4. The molecule has 2 heterocycles. The molecule has 0 aromatic heterocycles. The van der Waals surface area contributed by atoms with Gasteiger partial charge in [-0.2, -0.15) is 0 Å². The number of fused-ring (bicyclic) bond motifs is 2. The fraction of sp³-hybridized carbons (Fsp3) is 0.625. The van der Waals surface area contributed by atoms with E-state index in [1.807, 2.05) is 31.1 Å². The third-order valence-corrected chi connectivity index (χ3v) is 8.87. The number of carbonyl (C=O) groups is 2. The number of rotatable bonds is 5. The zero-order valence-corrected chi connectivity index (χ0v) is 23.5. The minimum absolute atomic E-state index is 0.0120. The molecule has 3 rings (SSSR count). The molecule has 0 saturated heterocycles. The van der Waals surface area contributed by atoms with Crippen LogP contribution in [0.4, 0.5) is 5.69 Å². The summed E-state index contributed by atoms with van der Waals surface area (Å²) in [6.07, 6.45) is 0.488. The molecule has 0 aliphatic carbocycles. The first-order chi connectivity index (χ1) is 16.0. The summed E-state index contributed by atoms with van der Waals surface area (Å²) in [5.74, 6) is -0.503. The number of nitrogens with one attached hydrogen (secondary N) is 1. The molecule has 1 N–H and O–H groups in total. The van der Waals surface area contributed by atoms with Crippen LogP contribution in [0.5, 0.6) is 0 Å². The number of hydrogen-bond acceptors (Lipinski definition) is 7. The Kier molecular flexibility index (Phi) is 7.38. The van der Waals surface area contributed by atoms with E-state index < -0.39 is 25.7 Å². The monoisotopic (exact) mass is 523 g/mol. The number of hydrazone groups is 1. The molecule has 1 aromatic carbocycles. The fourth-order valence-corrected chi connectivity index (χ4v) is 6.74. The predicted octanol–water partition coefficient (Wildman–Crippen LogP) is 3.00. The average Bonchev–Trinajstić information content (AvgIpc) is 3.25. The lowest BCUT2D eigenvalue weighted by Crippen LogP contribution is -2.49. The quantitative estimate of drug-likeness (QED) is 0.637. The molecule has 1 spiro atoms. The Balaban J connectivity index is 2.05. The molecular weight excluding hydrogens is 486 g/mol. The molecule has 194 valence electrons. The Bertz CT molecular complexity index is 1140. The first-order valence-electron chi connectivity index (χ1n) is 11.7. The number of sulfonamides is 1. The standard InChI is InChI=1S/C24H37N5O4S2/c1-22(2,3)19(30)25-21-26-29(20(31)23(4,5)6)24(34-21)16-28(18-13-10-9-12-17(18)24)35(32,33)15-11-14-27(7)8/h9-10,12-13H,11,14-16H2,1-8H3,(H,25,26,30). The topological polar surface area (TPSA) is 102 Å². The van der Waals surface area contributed by atoms with Crippen molar-refractivity contribution in [3.05, 3.63) is 29.8 Å². The summed E-state index contributed by atoms with van der Waals surface area (Å²) in [5.41, 5.74) is -0.210.